The Kier molecular flexibility index (Phi) is 6.56. The predicted molar refractivity (Wildman–Crippen MR) is 112 cm³/mol. The normalized spacial score (nSPS) is 16.9. The van der Waals surface area contributed by atoms with Crippen molar-refractivity contribution in [2.75, 3.05) is 40.3 Å². The molecule has 1 saturated heterocycles. The molecule has 2 aromatic carbocycles. The second-order valence-electron chi connectivity index (χ2n) is 7.18. The molecule has 0 spiro atoms. The summed E-state index contributed by atoms with van der Waals surface area (Å²) in [5, 5.41) is 2.92. The molecule has 0 aromatic heterocycles. The van der Waals surface area contributed by atoms with Gasteiger partial charge in [-0.25, -0.2) is 8.42 Å². The van der Waals surface area contributed by atoms with E-state index in [2.05, 4.69) is 10.2 Å². The number of carbonyl (C=O) groups excluding carboxylic acids is 1. The van der Waals surface area contributed by atoms with Crippen molar-refractivity contribution >= 4 is 15.9 Å². The molecule has 2 aromatic rings. The zero-order chi connectivity index (χ0) is 21.0. The molecule has 1 fully saturated rings. The van der Waals surface area contributed by atoms with Gasteiger partial charge in [0.05, 0.1) is 13.2 Å². The SMILES string of the molecule is COc1ccc(C(=O)NC(C)c2ccccc2)cc1S(=O)(=O)N1CCN(C)CC1. The molecule has 1 amide bonds. The van der Waals surface area contributed by atoms with Gasteiger partial charge in [-0.1, -0.05) is 30.3 Å². The van der Waals surface area contributed by atoms with E-state index in [1.807, 2.05) is 44.3 Å². The highest BCUT2D eigenvalue weighted by Crippen LogP contribution is 2.28. The molecule has 1 heterocycles. The lowest BCUT2D eigenvalue weighted by molar-refractivity contribution is 0.0939. The largest absolute Gasteiger partial charge is 0.495 e. The number of sulfonamides is 1. The van der Waals surface area contributed by atoms with E-state index >= 15 is 0 Å². The molecule has 7 nitrogen and oxygen atoms in total. The molecule has 1 unspecified atom stereocenters. The molecule has 29 heavy (non-hydrogen) atoms. The van der Waals surface area contributed by atoms with Crippen molar-refractivity contribution in [2.45, 2.75) is 17.9 Å². The molecule has 156 valence electrons. The Morgan fingerprint density at radius 2 is 1.72 bits per heavy atom. The Labute approximate surface area is 172 Å². The zero-order valence-corrected chi connectivity index (χ0v) is 17.8. The van der Waals surface area contributed by atoms with Crippen molar-refractivity contribution in [3.63, 3.8) is 0 Å². The van der Waals surface area contributed by atoms with Gasteiger partial charge in [-0.05, 0) is 37.7 Å². The Morgan fingerprint density at radius 3 is 2.34 bits per heavy atom. The number of nitrogens with one attached hydrogen (secondary N) is 1. The van der Waals surface area contributed by atoms with Crippen molar-refractivity contribution in [3.05, 3.63) is 59.7 Å². The average molecular weight is 418 g/mol. The van der Waals surface area contributed by atoms with Gasteiger partial charge >= 0.3 is 0 Å². The number of hydrogen-bond donors (Lipinski definition) is 1. The van der Waals surface area contributed by atoms with E-state index in [1.165, 1.54) is 23.5 Å². The van der Waals surface area contributed by atoms with Gasteiger partial charge in [0.15, 0.2) is 0 Å². The first-order valence-corrected chi connectivity index (χ1v) is 11.0. The first kappa shape index (κ1) is 21.3. The van der Waals surface area contributed by atoms with Crippen LogP contribution in [0.15, 0.2) is 53.4 Å². The number of methoxy groups -OCH3 is 1. The fourth-order valence-electron chi connectivity index (χ4n) is 3.29. The van der Waals surface area contributed by atoms with Crippen LogP contribution in [0.4, 0.5) is 0 Å². The van der Waals surface area contributed by atoms with Crippen LogP contribution in [0.5, 0.6) is 5.75 Å². The summed E-state index contributed by atoms with van der Waals surface area (Å²) in [4.78, 5) is 14.9. The van der Waals surface area contributed by atoms with E-state index in [0.717, 1.165) is 5.56 Å². The Bertz CT molecular complexity index is 955. The van der Waals surface area contributed by atoms with Gasteiger partial charge in [0, 0.05) is 31.7 Å². The number of ether oxygens (including phenoxy) is 1. The lowest BCUT2D eigenvalue weighted by atomic mass is 10.1. The summed E-state index contributed by atoms with van der Waals surface area (Å²) in [6.07, 6.45) is 0. The highest BCUT2D eigenvalue weighted by Gasteiger charge is 2.31. The van der Waals surface area contributed by atoms with Gasteiger partial charge in [0.25, 0.3) is 5.91 Å². The van der Waals surface area contributed by atoms with Crippen molar-refractivity contribution in [1.29, 1.82) is 0 Å². The molecule has 1 atom stereocenters. The van der Waals surface area contributed by atoms with Gasteiger partial charge in [-0.3, -0.25) is 4.79 Å². The van der Waals surface area contributed by atoms with Gasteiger partial charge in [-0.15, -0.1) is 0 Å². The van der Waals surface area contributed by atoms with E-state index < -0.39 is 10.0 Å². The third kappa shape index (κ3) is 4.77. The molecule has 1 N–H and O–H groups in total. The number of likely N-dealkylation sites (N-methyl/N-ethyl adjacent to an activating group) is 1. The van der Waals surface area contributed by atoms with E-state index in [-0.39, 0.29) is 28.2 Å². The Balaban J connectivity index is 1.85. The molecule has 1 aliphatic heterocycles. The van der Waals surface area contributed by atoms with E-state index in [4.69, 9.17) is 4.74 Å². The summed E-state index contributed by atoms with van der Waals surface area (Å²) in [7, 11) is -0.375. The maximum atomic E-state index is 13.2. The van der Waals surface area contributed by atoms with Crippen LogP contribution in [-0.2, 0) is 10.0 Å². The summed E-state index contributed by atoms with van der Waals surface area (Å²) < 4.78 is 33.1. The number of piperazine rings is 1. The standard InChI is InChI=1S/C21H27N3O4S/c1-16(17-7-5-4-6-8-17)22-21(25)18-9-10-19(28-3)20(15-18)29(26,27)24-13-11-23(2)12-14-24/h4-10,15-16H,11-14H2,1-3H3,(H,22,25). The molecular weight excluding hydrogens is 390 g/mol. The molecule has 1 aliphatic rings. The first-order chi connectivity index (χ1) is 13.8. The summed E-state index contributed by atoms with van der Waals surface area (Å²) in [6, 6.07) is 13.9. The van der Waals surface area contributed by atoms with Crippen LogP contribution >= 0.6 is 0 Å². The van der Waals surface area contributed by atoms with E-state index in [0.29, 0.717) is 26.2 Å². The fraction of sp³-hybridized carbons (Fsp3) is 0.381. The van der Waals surface area contributed by atoms with Crippen LogP contribution < -0.4 is 10.1 Å². The smallest absolute Gasteiger partial charge is 0.251 e. The second-order valence-corrected chi connectivity index (χ2v) is 9.09. The lowest BCUT2D eigenvalue weighted by Crippen LogP contribution is -2.47. The summed E-state index contributed by atoms with van der Waals surface area (Å²) >= 11 is 0. The highest BCUT2D eigenvalue weighted by molar-refractivity contribution is 7.89. The van der Waals surface area contributed by atoms with Crippen LogP contribution in [0.1, 0.15) is 28.9 Å². The van der Waals surface area contributed by atoms with Crippen LogP contribution in [-0.4, -0.2) is 63.9 Å². The topological polar surface area (TPSA) is 78.9 Å². The molecular formula is C21H27N3O4S. The van der Waals surface area contributed by atoms with Crippen molar-refractivity contribution < 1.29 is 17.9 Å². The minimum atomic E-state index is -3.76. The van der Waals surface area contributed by atoms with Crippen LogP contribution in [0, 0.1) is 0 Å². The molecule has 3 rings (SSSR count). The summed E-state index contributed by atoms with van der Waals surface area (Å²) in [5.41, 5.74) is 1.25. The maximum absolute atomic E-state index is 13.2. The summed E-state index contributed by atoms with van der Waals surface area (Å²) in [6.45, 7) is 4.03. The molecule has 0 radical (unpaired) electrons. The lowest BCUT2D eigenvalue weighted by Gasteiger charge is -2.31. The van der Waals surface area contributed by atoms with Gasteiger partial charge in [0.1, 0.15) is 10.6 Å². The first-order valence-electron chi connectivity index (χ1n) is 9.55. The van der Waals surface area contributed by atoms with Crippen LogP contribution in [0.3, 0.4) is 0 Å². The number of hydrogen-bond acceptors (Lipinski definition) is 5. The van der Waals surface area contributed by atoms with Gasteiger partial charge in [-0.2, -0.15) is 4.31 Å². The minimum Gasteiger partial charge on any atom is -0.495 e. The van der Waals surface area contributed by atoms with Crippen molar-refractivity contribution in [3.8, 4) is 5.75 Å². The van der Waals surface area contributed by atoms with Gasteiger partial charge < -0.3 is 15.0 Å². The number of carbonyl (C=O) groups is 1. The third-order valence-electron chi connectivity index (χ3n) is 5.15. The molecule has 0 aliphatic carbocycles. The molecule has 8 heteroatoms. The highest BCUT2D eigenvalue weighted by atomic mass is 32.2. The average Bonchev–Trinajstić information content (AvgIpc) is 2.74. The quantitative estimate of drug-likeness (QED) is 0.779. The fourth-order valence-corrected chi connectivity index (χ4v) is 4.90. The monoisotopic (exact) mass is 417 g/mol. The van der Waals surface area contributed by atoms with Crippen molar-refractivity contribution in [2.24, 2.45) is 0 Å². The Morgan fingerprint density at radius 1 is 1.07 bits per heavy atom. The zero-order valence-electron chi connectivity index (χ0n) is 17.0. The Hall–Kier alpha value is -2.42. The van der Waals surface area contributed by atoms with Crippen LogP contribution in [0.2, 0.25) is 0 Å². The van der Waals surface area contributed by atoms with Crippen LogP contribution in [0.25, 0.3) is 0 Å². The number of rotatable bonds is 6. The summed E-state index contributed by atoms with van der Waals surface area (Å²) in [5.74, 6) is -0.101. The number of nitrogens with zero attached hydrogens (tertiary/aromatic N) is 2. The van der Waals surface area contributed by atoms with Gasteiger partial charge in [0.2, 0.25) is 10.0 Å². The number of amides is 1. The van der Waals surface area contributed by atoms with Crippen molar-refractivity contribution in [1.82, 2.24) is 14.5 Å². The van der Waals surface area contributed by atoms with E-state index in [9.17, 15) is 13.2 Å². The molecule has 0 saturated carbocycles. The maximum Gasteiger partial charge on any atom is 0.251 e. The van der Waals surface area contributed by atoms with E-state index in [1.54, 1.807) is 6.07 Å². The number of benzene rings is 2. The third-order valence-corrected chi connectivity index (χ3v) is 7.07. The predicted octanol–water partition coefficient (Wildman–Crippen LogP) is 2.12. The minimum absolute atomic E-state index is 0.0181. The second kappa shape index (κ2) is 8.94. The molecule has 0 bridgehead atoms.